The first-order valence-corrected chi connectivity index (χ1v) is 12.5. The summed E-state index contributed by atoms with van der Waals surface area (Å²) in [4.78, 5) is 27.6. The number of likely N-dealkylation sites (N-methyl/N-ethyl adjacent to an activating group) is 1. The Labute approximate surface area is 206 Å². The Hall–Kier alpha value is -2.62. The summed E-state index contributed by atoms with van der Waals surface area (Å²) in [6.45, 7) is 6.81. The van der Waals surface area contributed by atoms with E-state index in [1.807, 2.05) is 26.8 Å². The zero-order valence-corrected chi connectivity index (χ0v) is 21.9. The van der Waals surface area contributed by atoms with E-state index in [4.69, 9.17) is 16.3 Å². The largest absolute Gasteiger partial charge is 0.497 e. The van der Waals surface area contributed by atoms with E-state index in [0.29, 0.717) is 10.8 Å². The van der Waals surface area contributed by atoms with E-state index in [1.54, 1.807) is 25.1 Å². The van der Waals surface area contributed by atoms with Crippen LogP contribution in [0.25, 0.3) is 0 Å². The molecular weight excluding hydrogens is 478 g/mol. The number of hydrogen-bond donors (Lipinski definition) is 1. The van der Waals surface area contributed by atoms with Gasteiger partial charge in [-0.1, -0.05) is 23.7 Å². The van der Waals surface area contributed by atoms with E-state index >= 15 is 0 Å². The number of halogens is 1. The summed E-state index contributed by atoms with van der Waals surface area (Å²) >= 11 is 5.86. The van der Waals surface area contributed by atoms with Crippen molar-refractivity contribution in [2.24, 2.45) is 0 Å². The predicted octanol–water partition coefficient (Wildman–Crippen LogP) is 3.30. The summed E-state index contributed by atoms with van der Waals surface area (Å²) in [5, 5.41) is 3.28. The van der Waals surface area contributed by atoms with Gasteiger partial charge < -0.3 is 15.0 Å². The van der Waals surface area contributed by atoms with E-state index in [9.17, 15) is 18.0 Å². The minimum atomic E-state index is -3.94. The topological polar surface area (TPSA) is 96.0 Å². The molecule has 0 bridgehead atoms. The molecule has 1 N–H and O–H groups in total. The number of amides is 2. The molecule has 2 amide bonds. The molecule has 0 aliphatic rings. The Morgan fingerprint density at radius 3 is 2.29 bits per heavy atom. The monoisotopic (exact) mass is 509 g/mol. The van der Waals surface area contributed by atoms with Gasteiger partial charge in [-0.25, -0.2) is 8.42 Å². The molecule has 8 nitrogen and oxygen atoms in total. The highest BCUT2D eigenvalue weighted by Gasteiger charge is 2.31. The highest BCUT2D eigenvalue weighted by Crippen LogP contribution is 2.20. The first kappa shape index (κ1) is 27.6. The highest BCUT2D eigenvalue weighted by molar-refractivity contribution is 7.89. The smallest absolute Gasteiger partial charge is 0.243 e. The fourth-order valence-electron chi connectivity index (χ4n) is 3.18. The van der Waals surface area contributed by atoms with Gasteiger partial charge in [0.1, 0.15) is 11.8 Å². The Morgan fingerprint density at radius 2 is 1.74 bits per heavy atom. The predicted molar refractivity (Wildman–Crippen MR) is 132 cm³/mol. The number of carbonyl (C=O) groups is 2. The second-order valence-electron chi connectivity index (χ2n) is 9.00. The molecule has 1 atom stereocenters. The molecule has 186 valence electrons. The molecule has 0 spiro atoms. The Kier molecular flexibility index (Phi) is 9.10. The van der Waals surface area contributed by atoms with Gasteiger partial charge >= 0.3 is 0 Å². The number of sulfonamides is 1. The van der Waals surface area contributed by atoms with Gasteiger partial charge in [-0.2, -0.15) is 4.31 Å². The van der Waals surface area contributed by atoms with Crippen molar-refractivity contribution in [1.82, 2.24) is 14.5 Å². The SMILES string of the molecule is COc1cccc(CN(C(=O)CN(C)S(=O)(=O)c2ccc(Cl)cc2)[C@@H](C)C(=O)NC(C)(C)C)c1. The van der Waals surface area contributed by atoms with Crippen LogP contribution in [0.5, 0.6) is 5.75 Å². The van der Waals surface area contributed by atoms with Crippen LogP contribution in [0.1, 0.15) is 33.3 Å². The van der Waals surface area contributed by atoms with Gasteiger partial charge in [0.2, 0.25) is 21.8 Å². The van der Waals surface area contributed by atoms with E-state index in [-0.39, 0.29) is 17.3 Å². The van der Waals surface area contributed by atoms with Crippen molar-refractivity contribution in [2.75, 3.05) is 20.7 Å². The first-order valence-electron chi connectivity index (χ1n) is 10.7. The van der Waals surface area contributed by atoms with Crippen LogP contribution < -0.4 is 10.1 Å². The van der Waals surface area contributed by atoms with Crippen molar-refractivity contribution in [1.29, 1.82) is 0 Å². The molecule has 0 saturated heterocycles. The lowest BCUT2D eigenvalue weighted by Gasteiger charge is -2.32. The van der Waals surface area contributed by atoms with Crippen LogP contribution in [-0.4, -0.2) is 61.7 Å². The average Bonchev–Trinajstić information content (AvgIpc) is 2.76. The molecule has 2 aromatic carbocycles. The number of nitrogens with one attached hydrogen (secondary N) is 1. The summed E-state index contributed by atoms with van der Waals surface area (Å²) < 4.78 is 32.1. The van der Waals surface area contributed by atoms with Crippen LogP contribution in [0.4, 0.5) is 0 Å². The molecule has 2 rings (SSSR count). The van der Waals surface area contributed by atoms with Crippen LogP contribution in [-0.2, 0) is 26.2 Å². The van der Waals surface area contributed by atoms with Gasteiger partial charge in [0.05, 0.1) is 18.6 Å². The maximum absolute atomic E-state index is 13.3. The Balaban J connectivity index is 2.31. The van der Waals surface area contributed by atoms with Gasteiger partial charge in [-0.3, -0.25) is 9.59 Å². The van der Waals surface area contributed by atoms with Crippen LogP contribution in [0.15, 0.2) is 53.4 Å². The molecule has 0 radical (unpaired) electrons. The fourth-order valence-corrected chi connectivity index (χ4v) is 4.42. The number of methoxy groups -OCH3 is 1. The summed E-state index contributed by atoms with van der Waals surface area (Å²) in [6.07, 6.45) is 0. The average molecular weight is 510 g/mol. The zero-order chi connectivity index (χ0) is 25.7. The molecule has 0 aromatic heterocycles. The highest BCUT2D eigenvalue weighted by atomic mass is 35.5. The molecule has 2 aromatic rings. The zero-order valence-electron chi connectivity index (χ0n) is 20.3. The van der Waals surface area contributed by atoms with Crippen LogP contribution in [0, 0.1) is 0 Å². The van der Waals surface area contributed by atoms with E-state index in [0.717, 1.165) is 9.87 Å². The third kappa shape index (κ3) is 7.44. The molecule has 10 heteroatoms. The van der Waals surface area contributed by atoms with Crippen molar-refractivity contribution in [2.45, 2.75) is 50.7 Å². The minimum absolute atomic E-state index is 0.0186. The fraction of sp³-hybridized carbons (Fsp3) is 0.417. The van der Waals surface area contributed by atoms with Crippen molar-refractivity contribution in [3.63, 3.8) is 0 Å². The molecule has 0 heterocycles. The number of benzene rings is 2. The standard InChI is InChI=1S/C24H32ClN3O5S/c1-17(23(30)26-24(2,3)4)28(15-18-8-7-9-20(14-18)33-6)22(29)16-27(5)34(31,32)21-12-10-19(25)11-13-21/h7-14,17H,15-16H2,1-6H3,(H,26,30)/t17-/m0/s1. The van der Waals surface area contributed by atoms with Crippen LogP contribution in [0.2, 0.25) is 5.02 Å². The number of rotatable bonds is 9. The molecule has 34 heavy (non-hydrogen) atoms. The summed E-state index contributed by atoms with van der Waals surface area (Å²) in [7, 11) is -1.07. The van der Waals surface area contributed by atoms with E-state index in [1.165, 1.54) is 43.3 Å². The molecule has 0 aliphatic heterocycles. The van der Waals surface area contributed by atoms with Crippen LogP contribution in [0.3, 0.4) is 0 Å². The van der Waals surface area contributed by atoms with Gasteiger partial charge in [-0.15, -0.1) is 0 Å². The van der Waals surface area contributed by atoms with Crippen LogP contribution >= 0.6 is 11.6 Å². The summed E-state index contributed by atoms with van der Waals surface area (Å²) in [5.41, 5.74) is 0.247. The molecule has 0 aliphatic carbocycles. The second kappa shape index (κ2) is 11.2. The second-order valence-corrected chi connectivity index (χ2v) is 11.5. The van der Waals surface area contributed by atoms with Crippen molar-refractivity contribution in [3.8, 4) is 5.75 Å². The number of nitrogens with zero attached hydrogens (tertiary/aromatic N) is 2. The molecule has 0 saturated carbocycles. The van der Waals surface area contributed by atoms with Gasteiger partial charge in [0.25, 0.3) is 0 Å². The van der Waals surface area contributed by atoms with Crippen molar-refractivity contribution >= 4 is 33.4 Å². The van der Waals surface area contributed by atoms with E-state index in [2.05, 4.69) is 5.32 Å². The third-order valence-electron chi connectivity index (χ3n) is 5.03. The van der Waals surface area contributed by atoms with Gasteiger partial charge in [0.15, 0.2) is 0 Å². The normalized spacial score (nSPS) is 12.8. The summed E-state index contributed by atoms with van der Waals surface area (Å²) in [6, 6.07) is 12.0. The maximum Gasteiger partial charge on any atom is 0.243 e. The number of ether oxygens (including phenoxy) is 1. The van der Waals surface area contributed by atoms with Crippen molar-refractivity contribution < 1.29 is 22.7 Å². The lowest BCUT2D eigenvalue weighted by molar-refractivity contribution is -0.141. The van der Waals surface area contributed by atoms with Crippen molar-refractivity contribution in [3.05, 3.63) is 59.1 Å². The first-order chi connectivity index (χ1) is 15.7. The quantitative estimate of drug-likeness (QED) is 0.559. The third-order valence-corrected chi connectivity index (χ3v) is 7.10. The summed E-state index contributed by atoms with van der Waals surface area (Å²) in [5.74, 6) is -0.245. The molecular formula is C24H32ClN3O5S. The van der Waals surface area contributed by atoms with Gasteiger partial charge in [-0.05, 0) is 69.7 Å². The molecule has 0 unspecified atom stereocenters. The lowest BCUT2D eigenvalue weighted by atomic mass is 10.1. The maximum atomic E-state index is 13.3. The molecule has 0 fully saturated rings. The van der Waals surface area contributed by atoms with E-state index < -0.39 is 34.1 Å². The number of carbonyl (C=O) groups excluding carboxylic acids is 2. The minimum Gasteiger partial charge on any atom is -0.497 e. The lowest BCUT2D eigenvalue weighted by Crippen LogP contribution is -2.54. The number of hydrogen-bond acceptors (Lipinski definition) is 5. The Bertz CT molecular complexity index is 1110. The Morgan fingerprint density at radius 1 is 1.12 bits per heavy atom. The van der Waals surface area contributed by atoms with Gasteiger partial charge in [0, 0.05) is 24.2 Å².